The van der Waals surface area contributed by atoms with E-state index < -0.39 is 0 Å². The molecule has 3 heteroatoms. The quantitative estimate of drug-likeness (QED) is 0.726. The van der Waals surface area contributed by atoms with Gasteiger partial charge in [0.05, 0.1) is 18.7 Å². The minimum atomic E-state index is 0.0840. The lowest BCUT2D eigenvalue weighted by Crippen LogP contribution is -3.19. The zero-order chi connectivity index (χ0) is 11.9. The van der Waals surface area contributed by atoms with Crippen LogP contribution >= 0.6 is 0 Å². The Morgan fingerprint density at radius 3 is 2.82 bits per heavy atom. The molecule has 2 heterocycles. The van der Waals surface area contributed by atoms with E-state index >= 15 is 0 Å². The lowest BCUT2D eigenvalue weighted by molar-refractivity contribution is -0.950. The van der Waals surface area contributed by atoms with Crippen LogP contribution in [0.15, 0.2) is 0 Å². The molecule has 3 atom stereocenters. The molecule has 1 spiro atoms. The van der Waals surface area contributed by atoms with Crippen molar-refractivity contribution in [3.63, 3.8) is 0 Å². The molecule has 0 bridgehead atoms. The van der Waals surface area contributed by atoms with E-state index in [1.165, 1.54) is 45.1 Å². The highest BCUT2D eigenvalue weighted by Crippen LogP contribution is 2.40. The minimum absolute atomic E-state index is 0.0840. The van der Waals surface area contributed by atoms with Crippen LogP contribution in [0.2, 0.25) is 0 Å². The molecule has 1 N–H and O–H groups in total. The smallest absolute Gasteiger partial charge is 0.315 e. The van der Waals surface area contributed by atoms with E-state index in [2.05, 4.69) is 0 Å². The number of quaternary nitrogens is 1. The maximum Gasteiger partial charge on any atom is 0.315 e. The molecule has 0 aromatic carbocycles. The van der Waals surface area contributed by atoms with Gasteiger partial charge in [0, 0.05) is 32.1 Å². The molecule has 1 saturated carbocycles. The van der Waals surface area contributed by atoms with Crippen molar-refractivity contribution in [2.24, 2.45) is 5.92 Å². The Kier molecular flexibility index (Phi) is 2.89. The largest absolute Gasteiger partial charge is 0.466 e. The third-order valence-corrected chi connectivity index (χ3v) is 5.34. The highest BCUT2D eigenvalue weighted by Gasteiger charge is 2.60. The van der Waals surface area contributed by atoms with Gasteiger partial charge >= 0.3 is 5.97 Å². The third-order valence-electron chi connectivity index (χ3n) is 5.34. The van der Waals surface area contributed by atoms with E-state index in [1.807, 2.05) is 6.92 Å². The summed E-state index contributed by atoms with van der Waals surface area (Å²) in [5.41, 5.74) is 0.457. The van der Waals surface area contributed by atoms with Gasteiger partial charge in [-0.2, -0.15) is 0 Å². The molecular formula is C14H24NO2+. The molecule has 0 aromatic heterocycles. The maximum absolute atomic E-state index is 12.1. The number of rotatable bonds is 2. The first-order valence-corrected chi connectivity index (χ1v) is 7.30. The number of esters is 1. The molecule has 0 amide bonds. The van der Waals surface area contributed by atoms with Crippen LogP contribution < -0.4 is 4.90 Å². The van der Waals surface area contributed by atoms with Crippen molar-refractivity contribution >= 4 is 5.97 Å². The standard InChI is InChI=1S/C14H23NO2/c1-2-17-13(16)11-10-14(7-3-4-8-14)15-9-5-6-12(11)15/h11-12H,2-10H2,1H3/p+1/t11-,12+/m1/s1. The van der Waals surface area contributed by atoms with Crippen LogP contribution in [0.3, 0.4) is 0 Å². The monoisotopic (exact) mass is 238 g/mol. The lowest BCUT2D eigenvalue weighted by atomic mass is 9.88. The fourth-order valence-corrected chi connectivity index (χ4v) is 4.74. The van der Waals surface area contributed by atoms with Gasteiger partial charge in [0.1, 0.15) is 12.0 Å². The number of fused-ring (bicyclic) bond motifs is 2. The molecule has 0 radical (unpaired) electrons. The van der Waals surface area contributed by atoms with Crippen molar-refractivity contribution < 1.29 is 14.4 Å². The molecule has 2 aliphatic heterocycles. The van der Waals surface area contributed by atoms with Crippen molar-refractivity contribution in [2.75, 3.05) is 13.2 Å². The average Bonchev–Trinajstić information content (AvgIpc) is 3.00. The maximum atomic E-state index is 12.1. The Balaban J connectivity index is 1.81. The fraction of sp³-hybridized carbons (Fsp3) is 0.929. The molecule has 2 saturated heterocycles. The Bertz CT molecular complexity index is 309. The SMILES string of the molecule is CCOC(=O)[C@@H]1CC2(CCCC2)[NH+]2CCC[C@@H]12. The summed E-state index contributed by atoms with van der Waals surface area (Å²) in [6.45, 7) is 3.74. The van der Waals surface area contributed by atoms with Crippen LogP contribution in [0.5, 0.6) is 0 Å². The third kappa shape index (κ3) is 1.70. The molecule has 1 unspecified atom stereocenters. The summed E-state index contributed by atoms with van der Waals surface area (Å²) in [6, 6.07) is 0.576. The van der Waals surface area contributed by atoms with Gasteiger partial charge in [-0.25, -0.2) is 0 Å². The Morgan fingerprint density at radius 2 is 2.12 bits per heavy atom. The first kappa shape index (κ1) is 11.5. The zero-order valence-electron chi connectivity index (χ0n) is 10.8. The van der Waals surface area contributed by atoms with Gasteiger partial charge < -0.3 is 9.64 Å². The van der Waals surface area contributed by atoms with Crippen LogP contribution in [0.1, 0.15) is 51.9 Å². The first-order valence-electron chi connectivity index (χ1n) is 7.30. The molecule has 3 nitrogen and oxygen atoms in total. The Hall–Kier alpha value is -0.570. The second-order valence-electron chi connectivity index (χ2n) is 6.07. The summed E-state index contributed by atoms with van der Waals surface area (Å²) >= 11 is 0. The van der Waals surface area contributed by atoms with Crippen LogP contribution in [-0.2, 0) is 9.53 Å². The second-order valence-corrected chi connectivity index (χ2v) is 6.07. The highest BCUT2D eigenvalue weighted by molar-refractivity contribution is 5.73. The Labute approximate surface area is 104 Å². The van der Waals surface area contributed by atoms with Crippen LogP contribution in [0, 0.1) is 5.92 Å². The van der Waals surface area contributed by atoms with Crippen LogP contribution in [0.4, 0.5) is 0 Å². The van der Waals surface area contributed by atoms with E-state index in [1.54, 1.807) is 4.90 Å². The zero-order valence-corrected chi connectivity index (χ0v) is 10.8. The Morgan fingerprint density at radius 1 is 1.35 bits per heavy atom. The van der Waals surface area contributed by atoms with E-state index in [-0.39, 0.29) is 11.9 Å². The van der Waals surface area contributed by atoms with Crippen LogP contribution in [0.25, 0.3) is 0 Å². The normalized spacial score (nSPS) is 38.5. The number of nitrogens with one attached hydrogen (secondary N) is 1. The van der Waals surface area contributed by atoms with E-state index in [4.69, 9.17) is 4.74 Å². The number of hydrogen-bond donors (Lipinski definition) is 1. The summed E-state index contributed by atoms with van der Waals surface area (Å²) in [5, 5.41) is 0. The van der Waals surface area contributed by atoms with Gasteiger partial charge in [0.25, 0.3) is 0 Å². The average molecular weight is 238 g/mol. The van der Waals surface area contributed by atoms with Gasteiger partial charge in [-0.3, -0.25) is 4.79 Å². The topological polar surface area (TPSA) is 30.7 Å². The van der Waals surface area contributed by atoms with Crippen molar-refractivity contribution in [1.29, 1.82) is 0 Å². The van der Waals surface area contributed by atoms with Gasteiger partial charge in [0.2, 0.25) is 0 Å². The molecule has 3 rings (SSSR count). The van der Waals surface area contributed by atoms with Crippen molar-refractivity contribution in [2.45, 2.75) is 63.5 Å². The van der Waals surface area contributed by atoms with E-state index in [0.29, 0.717) is 18.2 Å². The molecule has 96 valence electrons. The number of carbonyl (C=O) groups is 1. The summed E-state index contributed by atoms with van der Waals surface area (Å²) in [6.07, 6.45) is 9.06. The summed E-state index contributed by atoms with van der Waals surface area (Å²) in [5.74, 6) is 0.284. The fourth-order valence-electron chi connectivity index (χ4n) is 4.74. The number of ether oxygens (including phenoxy) is 1. The van der Waals surface area contributed by atoms with Gasteiger partial charge in [0.15, 0.2) is 0 Å². The molecule has 3 aliphatic rings. The molecule has 17 heavy (non-hydrogen) atoms. The predicted octanol–water partition coefficient (Wildman–Crippen LogP) is 0.930. The summed E-state index contributed by atoms with van der Waals surface area (Å²) in [7, 11) is 0. The van der Waals surface area contributed by atoms with Gasteiger partial charge in [-0.05, 0) is 19.8 Å². The van der Waals surface area contributed by atoms with Crippen molar-refractivity contribution in [3.05, 3.63) is 0 Å². The van der Waals surface area contributed by atoms with Crippen LogP contribution in [-0.4, -0.2) is 30.7 Å². The van der Waals surface area contributed by atoms with Gasteiger partial charge in [-0.15, -0.1) is 0 Å². The second kappa shape index (κ2) is 4.27. The van der Waals surface area contributed by atoms with Crippen molar-refractivity contribution in [1.82, 2.24) is 0 Å². The predicted molar refractivity (Wildman–Crippen MR) is 64.8 cm³/mol. The molecule has 0 aromatic rings. The minimum Gasteiger partial charge on any atom is -0.466 e. The summed E-state index contributed by atoms with van der Waals surface area (Å²) in [4.78, 5) is 13.8. The first-order chi connectivity index (χ1) is 8.27. The van der Waals surface area contributed by atoms with Crippen molar-refractivity contribution in [3.8, 4) is 0 Å². The lowest BCUT2D eigenvalue weighted by Gasteiger charge is -2.31. The van der Waals surface area contributed by atoms with E-state index in [0.717, 1.165) is 6.42 Å². The molecule has 1 aliphatic carbocycles. The molecule has 3 fully saturated rings. The van der Waals surface area contributed by atoms with Gasteiger partial charge in [-0.1, -0.05) is 0 Å². The van der Waals surface area contributed by atoms with E-state index in [9.17, 15) is 4.79 Å². The molecular weight excluding hydrogens is 214 g/mol. The summed E-state index contributed by atoms with van der Waals surface area (Å²) < 4.78 is 5.28. The highest BCUT2D eigenvalue weighted by atomic mass is 16.5. The number of hydrogen-bond acceptors (Lipinski definition) is 2. The number of carbonyl (C=O) groups excluding carboxylic acids is 1.